The first-order valence-electron chi connectivity index (χ1n) is 8.87. The van der Waals surface area contributed by atoms with Crippen LogP contribution in [0.3, 0.4) is 0 Å². The number of rotatable bonds is 6. The van der Waals surface area contributed by atoms with Gasteiger partial charge in [-0.3, -0.25) is 9.10 Å². The van der Waals surface area contributed by atoms with Crippen molar-refractivity contribution < 1.29 is 13.2 Å². The molecule has 3 aromatic rings. The number of hydrogen-bond donors (Lipinski definition) is 1. The van der Waals surface area contributed by atoms with Crippen LogP contribution in [0.25, 0.3) is 10.8 Å². The van der Waals surface area contributed by atoms with Crippen LogP contribution in [-0.4, -0.2) is 26.6 Å². The number of benzene rings is 3. The maximum Gasteiger partial charge on any atom is 0.243 e. The summed E-state index contributed by atoms with van der Waals surface area (Å²) in [6.45, 7) is 1.78. The third-order valence-corrected chi connectivity index (χ3v) is 6.35. The summed E-state index contributed by atoms with van der Waals surface area (Å²) in [6.07, 6.45) is 1.03. The molecule has 0 aromatic heterocycles. The monoisotopic (exact) mass is 450 g/mol. The molecular weight excluding hydrogens is 431 g/mol. The summed E-state index contributed by atoms with van der Waals surface area (Å²) in [4.78, 5) is 12.8. The Bertz CT molecular complexity index is 1160. The number of halogens is 2. The molecule has 152 valence electrons. The number of fused-ring (bicyclic) bond motifs is 1. The lowest BCUT2D eigenvalue weighted by molar-refractivity contribution is -0.122. The molecule has 0 bridgehead atoms. The van der Waals surface area contributed by atoms with E-state index in [1.807, 2.05) is 42.5 Å². The molecule has 0 heterocycles. The van der Waals surface area contributed by atoms with Crippen molar-refractivity contribution in [3.8, 4) is 0 Å². The van der Waals surface area contributed by atoms with E-state index in [1.54, 1.807) is 6.07 Å². The second kappa shape index (κ2) is 8.61. The number of sulfonamides is 1. The van der Waals surface area contributed by atoms with Crippen LogP contribution < -0.4 is 9.62 Å². The molecule has 3 aromatic carbocycles. The smallest absolute Gasteiger partial charge is 0.243 e. The van der Waals surface area contributed by atoms with E-state index in [0.29, 0.717) is 5.02 Å². The summed E-state index contributed by atoms with van der Waals surface area (Å²) in [5.74, 6) is -0.445. The summed E-state index contributed by atoms with van der Waals surface area (Å²) in [6, 6.07) is 17.2. The molecule has 1 amide bonds. The number of hydrogen-bond acceptors (Lipinski definition) is 3. The molecule has 1 atom stereocenters. The number of carbonyl (C=O) groups is 1. The van der Waals surface area contributed by atoms with Gasteiger partial charge in [0.05, 0.1) is 17.0 Å². The molecule has 0 fully saturated rings. The van der Waals surface area contributed by atoms with Crippen LogP contribution in [-0.2, 0) is 21.4 Å². The van der Waals surface area contributed by atoms with E-state index in [9.17, 15) is 13.2 Å². The van der Waals surface area contributed by atoms with E-state index in [4.69, 9.17) is 23.2 Å². The van der Waals surface area contributed by atoms with Crippen molar-refractivity contribution in [2.45, 2.75) is 19.5 Å². The van der Waals surface area contributed by atoms with Gasteiger partial charge in [-0.25, -0.2) is 8.42 Å². The molecule has 0 radical (unpaired) electrons. The molecule has 29 heavy (non-hydrogen) atoms. The fourth-order valence-corrected chi connectivity index (χ4v) is 4.82. The second-order valence-electron chi connectivity index (χ2n) is 6.69. The van der Waals surface area contributed by atoms with Crippen LogP contribution in [0.15, 0.2) is 60.7 Å². The Morgan fingerprint density at radius 1 is 1.07 bits per heavy atom. The SMILES string of the molecule is C[C@H](C(=O)NCc1cccc2ccccc12)N(c1cc(Cl)ccc1Cl)S(C)(=O)=O. The maximum absolute atomic E-state index is 12.8. The van der Waals surface area contributed by atoms with E-state index in [0.717, 1.165) is 26.9 Å². The number of amides is 1. The van der Waals surface area contributed by atoms with Crippen LogP contribution in [0, 0.1) is 0 Å². The molecular formula is C21H20Cl2N2O3S. The van der Waals surface area contributed by atoms with Gasteiger partial charge in [0.25, 0.3) is 0 Å². The van der Waals surface area contributed by atoms with Gasteiger partial charge in [-0.15, -0.1) is 0 Å². The highest BCUT2D eigenvalue weighted by atomic mass is 35.5. The molecule has 0 saturated carbocycles. The Balaban J connectivity index is 1.85. The zero-order valence-corrected chi connectivity index (χ0v) is 18.2. The van der Waals surface area contributed by atoms with E-state index in [1.165, 1.54) is 19.1 Å². The van der Waals surface area contributed by atoms with Gasteiger partial charge in [-0.05, 0) is 41.5 Å². The quantitative estimate of drug-likeness (QED) is 0.595. The number of nitrogens with one attached hydrogen (secondary N) is 1. The number of carbonyl (C=O) groups excluding carboxylic acids is 1. The van der Waals surface area contributed by atoms with Crippen molar-refractivity contribution in [1.82, 2.24) is 5.32 Å². The lowest BCUT2D eigenvalue weighted by Gasteiger charge is -2.29. The Morgan fingerprint density at radius 2 is 1.76 bits per heavy atom. The minimum absolute atomic E-state index is 0.162. The molecule has 8 heteroatoms. The van der Waals surface area contributed by atoms with Crippen molar-refractivity contribution in [3.63, 3.8) is 0 Å². The Hall–Kier alpha value is -2.28. The van der Waals surface area contributed by atoms with Crippen molar-refractivity contribution in [2.24, 2.45) is 0 Å². The third kappa shape index (κ3) is 4.83. The zero-order chi connectivity index (χ0) is 21.2. The van der Waals surface area contributed by atoms with Gasteiger partial charge in [0.2, 0.25) is 15.9 Å². The largest absolute Gasteiger partial charge is 0.350 e. The Morgan fingerprint density at radius 3 is 2.48 bits per heavy atom. The van der Waals surface area contributed by atoms with E-state index >= 15 is 0 Å². The van der Waals surface area contributed by atoms with Gasteiger partial charge in [0.15, 0.2) is 0 Å². The van der Waals surface area contributed by atoms with Crippen LogP contribution in [0.5, 0.6) is 0 Å². The fourth-order valence-electron chi connectivity index (χ4n) is 3.21. The standard InChI is InChI=1S/C21H20Cl2N2O3S/c1-14(25(29(2,27)28)20-12-17(22)10-11-19(20)23)21(26)24-13-16-8-5-7-15-6-3-4-9-18(15)16/h3-12,14H,13H2,1-2H3,(H,24,26)/t14-/m1/s1. The molecule has 0 aliphatic heterocycles. The lowest BCUT2D eigenvalue weighted by atomic mass is 10.0. The molecule has 0 saturated heterocycles. The van der Waals surface area contributed by atoms with Gasteiger partial charge in [-0.2, -0.15) is 0 Å². The normalized spacial score (nSPS) is 12.6. The average Bonchev–Trinajstić information content (AvgIpc) is 2.67. The highest BCUT2D eigenvalue weighted by Crippen LogP contribution is 2.32. The minimum Gasteiger partial charge on any atom is -0.350 e. The van der Waals surface area contributed by atoms with E-state index in [2.05, 4.69) is 5.32 Å². The highest BCUT2D eigenvalue weighted by molar-refractivity contribution is 7.92. The van der Waals surface area contributed by atoms with Gasteiger partial charge < -0.3 is 5.32 Å². The van der Waals surface area contributed by atoms with Crippen LogP contribution >= 0.6 is 23.2 Å². The van der Waals surface area contributed by atoms with Gasteiger partial charge in [0.1, 0.15) is 6.04 Å². The molecule has 0 aliphatic carbocycles. The molecule has 0 unspecified atom stereocenters. The van der Waals surface area contributed by atoms with Crippen molar-refractivity contribution in [2.75, 3.05) is 10.6 Å². The number of nitrogens with zero attached hydrogens (tertiary/aromatic N) is 1. The van der Waals surface area contributed by atoms with Crippen molar-refractivity contribution in [3.05, 3.63) is 76.3 Å². The maximum atomic E-state index is 12.8. The molecule has 0 aliphatic rings. The zero-order valence-electron chi connectivity index (χ0n) is 15.9. The topological polar surface area (TPSA) is 66.5 Å². The minimum atomic E-state index is -3.79. The predicted molar refractivity (Wildman–Crippen MR) is 119 cm³/mol. The first-order valence-corrected chi connectivity index (χ1v) is 11.5. The van der Waals surface area contributed by atoms with Crippen LogP contribution in [0.2, 0.25) is 10.0 Å². The first kappa shape index (κ1) is 21.4. The predicted octanol–water partition coefficient (Wildman–Crippen LogP) is 4.62. The van der Waals surface area contributed by atoms with E-state index in [-0.39, 0.29) is 17.3 Å². The van der Waals surface area contributed by atoms with Crippen molar-refractivity contribution in [1.29, 1.82) is 0 Å². The number of anilines is 1. The van der Waals surface area contributed by atoms with Gasteiger partial charge in [0, 0.05) is 11.6 Å². The summed E-state index contributed by atoms with van der Waals surface area (Å²) >= 11 is 12.2. The van der Waals surface area contributed by atoms with E-state index < -0.39 is 22.0 Å². The molecule has 3 rings (SSSR count). The van der Waals surface area contributed by atoms with Gasteiger partial charge >= 0.3 is 0 Å². The average molecular weight is 451 g/mol. The molecule has 5 nitrogen and oxygen atoms in total. The van der Waals surface area contributed by atoms with Crippen molar-refractivity contribution >= 4 is 55.6 Å². The summed E-state index contributed by atoms with van der Waals surface area (Å²) < 4.78 is 25.9. The Kier molecular flexibility index (Phi) is 6.36. The van der Waals surface area contributed by atoms with Gasteiger partial charge in [-0.1, -0.05) is 65.7 Å². The Labute approximate surface area is 180 Å². The summed E-state index contributed by atoms with van der Waals surface area (Å²) in [5, 5.41) is 5.43. The van der Waals surface area contributed by atoms with Crippen LogP contribution in [0.1, 0.15) is 12.5 Å². The molecule has 1 N–H and O–H groups in total. The lowest BCUT2D eigenvalue weighted by Crippen LogP contribution is -2.47. The first-order chi connectivity index (χ1) is 13.7. The highest BCUT2D eigenvalue weighted by Gasteiger charge is 2.30. The summed E-state index contributed by atoms with van der Waals surface area (Å²) in [5.41, 5.74) is 1.10. The van der Waals surface area contributed by atoms with Crippen LogP contribution in [0.4, 0.5) is 5.69 Å². The second-order valence-corrected chi connectivity index (χ2v) is 9.39. The fraction of sp³-hybridized carbons (Fsp3) is 0.190. The summed E-state index contributed by atoms with van der Waals surface area (Å²) in [7, 11) is -3.79. The molecule has 0 spiro atoms. The third-order valence-electron chi connectivity index (χ3n) is 4.57.